The predicted molar refractivity (Wildman–Crippen MR) is 48.9 cm³/mol. The molecule has 1 aromatic rings. The molecule has 1 aliphatic carbocycles. The molecule has 3 nitrogen and oxygen atoms in total. The van der Waals surface area contributed by atoms with Crippen LogP contribution in [0.5, 0.6) is 0 Å². The van der Waals surface area contributed by atoms with Gasteiger partial charge in [0.2, 0.25) is 0 Å². The third-order valence-corrected chi connectivity index (χ3v) is 3.44. The van der Waals surface area contributed by atoms with E-state index in [-0.39, 0.29) is 0 Å². The molecule has 0 aromatic carbocycles. The first-order chi connectivity index (χ1) is 5.81. The quantitative estimate of drug-likeness (QED) is 0.775. The Morgan fingerprint density at radius 3 is 3.17 bits per heavy atom. The van der Waals surface area contributed by atoms with Gasteiger partial charge in [-0.1, -0.05) is 0 Å². The summed E-state index contributed by atoms with van der Waals surface area (Å²) in [7, 11) is 0. The Kier molecular flexibility index (Phi) is 1.25. The van der Waals surface area contributed by atoms with Crippen LogP contribution >= 0.6 is 15.9 Å². The molecule has 64 valence electrons. The molecule has 12 heavy (non-hydrogen) atoms. The highest BCUT2D eigenvalue weighted by Crippen LogP contribution is 2.52. The van der Waals surface area contributed by atoms with Gasteiger partial charge < -0.3 is 5.32 Å². The second-order valence-corrected chi connectivity index (χ2v) is 4.65. The standard InChI is InChI=1S/C8H10BrN3/c9-7-3-11-12(4-7)8-1-6(8)2-10-5-8/h3-4,6,10H,1-2,5H2. The van der Waals surface area contributed by atoms with E-state index in [4.69, 9.17) is 0 Å². The lowest BCUT2D eigenvalue weighted by Crippen LogP contribution is -2.25. The maximum atomic E-state index is 4.34. The number of aromatic nitrogens is 2. The summed E-state index contributed by atoms with van der Waals surface area (Å²) >= 11 is 3.42. The summed E-state index contributed by atoms with van der Waals surface area (Å²) in [5, 5.41) is 7.74. The summed E-state index contributed by atoms with van der Waals surface area (Å²) in [6.45, 7) is 2.25. The first-order valence-corrected chi connectivity index (χ1v) is 5.02. The van der Waals surface area contributed by atoms with E-state index in [1.807, 2.05) is 6.20 Å². The summed E-state index contributed by atoms with van der Waals surface area (Å²) in [5.41, 5.74) is 0.339. The monoisotopic (exact) mass is 227 g/mol. The zero-order chi connectivity index (χ0) is 8.18. The molecular weight excluding hydrogens is 218 g/mol. The van der Waals surface area contributed by atoms with Gasteiger partial charge in [0.05, 0.1) is 16.2 Å². The summed E-state index contributed by atoms with van der Waals surface area (Å²) in [5.74, 6) is 0.823. The molecule has 2 atom stereocenters. The molecule has 1 saturated carbocycles. The molecule has 1 saturated heterocycles. The Balaban J connectivity index is 1.99. The van der Waals surface area contributed by atoms with Crippen LogP contribution in [0.15, 0.2) is 16.9 Å². The normalized spacial score (nSPS) is 38.2. The lowest BCUT2D eigenvalue weighted by molar-refractivity contribution is 0.435. The van der Waals surface area contributed by atoms with Crippen molar-refractivity contribution in [1.29, 1.82) is 0 Å². The second-order valence-electron chi connectivity index (χ2n) is 3.74. The summed E-state index contributed by atoms with van der Waals surface area (Å²) < 4.78 is 3.19. The molecule has 1 aliphatic heterocycles. The van der Waals surface area contributed by atoms with E-state index in [0.717, 1.165) is 23.5 Å². The minimum atomic E-state index is 0.339. The number of nitrogens with zero attached hydrogens (tertiary/aromatic N) is 2. The smallest absolute Gasteiger partial charge is 0.0796 e. The fourth-order valence-electron chi connectivity index (χ4n) is 2.22. The Bertz CT molecular complexity index is 322. The number of nitrogens with one attached hydrogen (secondary N) is 1. The lowest BCUT2D eigenvalue weighted by Gasteiger charge is -2.11. The van der Waals surface area contributed by atoms with Gasteiger partial charge in [0.25, 0.3) is 0 Å². The zero-order valence-corrected chi connectivity index (χ0v) is 8.21. The van der Waals surface area contributed by atoms with E-state index >= 15 is 0 Å². The fraction of sp³-hybridized carbons (Fsp3) is 0.625. The van der Waals surface area contributed by atoms with Crippen molar-refractivity contribution in [3.05, 3.63) is 16.9 Å². The average Bonchev–Trinajstić information content (AvgIpc) is 2.50. The second kappa shape index (κ2) is 2.12. The zero-order valence-electron chi connectivity index (χ0n) is 6.63. The van der Waals surface area contributed by atoms with Crippen LogP contribution in [-0.4, -0.2) is 22.9 Å². The third-order valence-electron chi connectivity index (χ3n) is 3.03. The number of hydrogen-bond donors (Lipinski definition) is 1. The van der Waals surface area contributed by atoms with Gasteiger partial charge in [-0.25, -0.2) is 0 Å². The minimum Gasteiger partial charge on any atom is -0.314 e. The molecule has 0 bridgehead atoms. The van der Waals surface area contributed by atoms with Gasteiger partial charge in [0.15, 0.2) is 0 Å². The van der Waals surface area contributed by atoms with Crippen molar-refractivity contribution in [2.45, 2.75) is 12.0 Å². The maximum absolute atomic E-state index is 4.34. The van der Waals surface area contributed by atoms with E-state index in [9.17, 15) is 0 Å². The summed E-state index contributed by atoms with van der Waals surface area (Å²) in [6, 6.07) is 0. The van der Waals surface area contributed by atoms with Crippen molar-refractivity contribution < 1.29 is 0 Å². The van der Waals surface area contributed by atoms with Crippen molar-refractivity contribution in [2.75, 3.05) is 13.1 Å². The third kappa shape index (κ3) is 0.769. The van der Waals surface area contributed by atoms with Crippen LogP contribution in [0.3, 0.4) is 0 Å². The van der Waals surface area contributed by atoms with Gasteiger partial charge in [-0.2, -0.15) is 5.10 Å². The van der Waals surface area contributed by atoms with Crippen LogP contribution in [0.1, 0.15) is 6.42 Å². The van der Waals surface area contributed by atoms with Gasteiger partial charge in [0, 0.05) is 25.2 Å². The van der Waals surface area contributed by atoms with E-state index in [1.165, 1.54) is 6.42 Å². The van der Waals surface area contributed by atoms with Crippen molar-refractivity contribution in [3.63, 3.8) is 0 Å². The van der Waals surface area contributed by atoms with Gasteiger partial charge in [0.1, 0.15) is 0 Å². The average molecular weight is 228 g/mol. The molecule has 4 heteroatoms. The molecule has 2 unspecified atom stereocenters. The molecule has 0 spiro atoms. The van der Waals surface area contributed by atoms with E-state index in [0.29, 0.717) is 5.54 Å². The van der Waals surface area contributed by atoms with E-state index < -0.39 is 0 Å². The first-order valence-electron chi connectivity index (χ1n) is 4.23. The van der Waals surface area contributed by atoms with Crippen LogP contribution in [0.4, 0.5) is 0 Å². The molecule has 0 amide bonds. The van der Waals surface area contributed by atoms with Crippen LogP contribution in [0.25, 0.3) is 0 Å². The number of halogens is 1. The van der Waals surface area contributed by atoms with Crippen LogP contribution in [-0.2, 0) is 5.54 Å². The highest BCUT2D eigenvalue weighted by molar-refractivity contribution is 9.10. The topological polar surface area (TPSA) is 29.9 Å². The Hall–Kier alpha value is -0.350. The van der Waals surface area contributed by atoms with Crippen LogP contribution < -0.4 is 5.32 Å². The molecule has 1 N–H and O–H groups in total. The molecule has 0 radical (unpaired) electrons. The lowest BCUT2D eigenvalue weighted by atomic mass is 10.2. The van der Waals surface area contributed by atoms with Gasteiger partial charge in [-0.15, -0.1) is 0 Å². The highest BCUT2D eigenvalue weighted by Gasteiger charge is 2.59. The molecule has 3 rings (SSSR count). The SMILES string of the molecule is Brc1cnn(C23CNCC2C3)c1. The summed E-state index contributed by atoms with van der Waals surface area (Å²) in [6.07, 6.45) is 5.24. The summed E-state index contributed by atoms with van der Waals surface area (Å²) in [4.78, 5) is 0. The molecule has 2 fully saturated rings. The minimum absolute atomic E-state index is 0.339. The van der Waals surface area contributed by atoms with Gasteiger partial charge in [-0.05, 0) is 22.4 Å². The largest absolute Gasteiger partial charge is 0.314 e. The van der Waals surface area contributed by atoms with E-state index in [1.54, 1.807) is 0 Å². The van der Waals surface area contributed by atoms with Crippen molar-refractivity contribution in [1.82, 2.24) is 15.1 Å². The maximum Gasteiger partial charge on any atom is 0.0796 e. The van der Waals surface area contributed by atoms with E-state index in [2.05, 4.69) is 37.2 Å². The Morgan fingerprint density at radius 1 is 1.75 bits per heavy atom. The first kappa shape index (κ1) is 7.09. The Labute approximate surface area is 79.3 Å². The molecular formula is C8H10BrN3. The fourth-order valence-corrected chi connectivity index (χ4v) is 2.50. The van der Waals surface area contributed by atoms with Crippen molar-refractivity contribution >= 4 is 15.9 Å². The Morgan fingerprint density at radius 2 is 2.67 bits per heavy atom. The highest BCUT2D eigenvalue weighted by atomic mass is 79.9. The van der Waals surface area contributed by atoms with Crippen molar-refractivity contribution in [3.8, 4) is 0 Å². The van der Waals surface area contributed by atoms with Crippen molar-refractivity contribution in [2.24, 2.45) is 5.92 Å². The molecule has 2 aliphatic rings. The predicted octanol–water partition coefficient (Wildman–Crippen LogP) is 0.964. The molecule has 1 aromatic heterocycles. The van der Waals surface area contributed by atoms with Gasteiger partial charge >= 0.3 is 0 Å². The van der Waals surface area contributed by atoms with Crippen LogP contribution in [0.2, 0.25) is 0 Å². The number of fused-ring (bicyclic) bond motifs is 1. The number of rotatable bonds is 1. The number of piperidine rings is 1. The number of hydrogen-bond acceptors (Lipinski definition) is 2. The molecule has 2 heterocycles. The van der Waals surface area contributed by atoms with Gasteiger partial charge in [-0.3, -0.25) is 4.68 Å². The van der Waals surface area contributed by atoms with Crippen LogP contribution in [0, 0.1) is 5.92 Å².